The zero-order valence-electron chi connectivity index (χ0n) is 11.7. The highest BCUT2D eigenvalue weighted by Crippen LogP contribution is 2.29. The molecule has 116 valence electrons. The number of carbonyl (C=O) groups excluding carboxylic acids is 1. The van der Waals surface area contributed by atoms with Crippen molar-refractivity contribution in [2.24, 2.45) is 0 Å². The van der Waals surface area contributed by atoms with Gasteiger partial charge in [0.25, 0.3) is 0 Å². The van der Waals surface area contributed by atoms with Crippen molar-refractivity contribution in [1.29, 1.82) is 0 Å². The van der Waals surface area contributed by atoms with E-state index >= 15 is 0 Å². The second kappa shape index (κ2) is 8.39. The number of para-hydroxylation sites is 1. The minimum Gasteiger partial charge on any atom is -0.324 e. The number of hydrogen-bond acceptors (Lipinski definition) is 2. The van der Waals surface area contributed by atoms with Crippen molar-refractivity contribution in [3.8, 4) is 0 Å². The van der Waals surface area contributed by atoms with E-state index in [0.717, 1.165) is 5.56 Å². The second-order valence-corrected chi connectivity index (χ2v) is 5.95. The molecule has 0 aliphatic carbocycles. The molecule has 0 atom stereocenters. The molecule has 0 aromatic heterocycles. The Labute approximate surface area is 144 Å². The Morgan fingerprint density at radius 3 is 2.23 bits per heavy atom. The van der Waals surface area contributed by atoms with Crippen LogP contribution in [0.3, 0.4) is 0 Å². The van der Waals surface area contributed by atoms with Gasteiger partial charge in [-0.3, -0.25) is 4.79 Å². The fraction of sp³-hybridized carbons (Fsp3) is 0.188. The van der Waals surface area contributed by atoms with Gasteiger partial charge in [0.05, 0.1) is 15.7 Å². The molecular weight excluding hydrogens is 343 g/mol. The molecule has 2 N–H and O–H groups in total. The first-order valence-electron chi connectivity index (χ1n) is 6.75. The number of anilines is 1. The molecule has 6 heteroatoms. The van der Waals surface area contributed by atoms with Gasteiger partial charge in [-0.25, -0.2) is 0 Å². The molecular formula is C16H15Cl3N2O. The van der Waals surface area contributed by atoms with Gasteiger partial charge in [-0.2, -0.15) is 0 Å². The fourth-order valence-electron chi connectivity index (χ4n) is 1.86. The molecule has 2 aromatic carbocycles. The van der Waals surface area contributed by atoms with E-state index in [1.54, 1.807) is 18.2 Å². The van der Waals surface area contributed by atoms with E-state index in [9.17, 15) is 4.79 Å². The summed E-state index contributed by atoms with van der Waals surface area (Å²) in [6.45, 7) is 1.23. The minimum atomic E-state index is -0.140. The monoisotopic (exact) mass is 356 g/mol. The Morgan fingerprint density at radius 1 is 0.955 bits per heavy atom. The summed E-state index contributed by atoms with van der Waals surface area (Å²) in [4.78, 5) is 11.9. The van der Waals surface area contributed by atoms with Gasteiger partial charge >= 0.3 is 0 Å². The minimum absolute atomic E-state index is 0.140. The maximum Gasteiger partial charge on any atom is 0.225 e. The SMILES string of the molecule is O=C(CCNCc1ccc(Cl)cc1)Nc1c(Cl)cccc1Cl. The molecule has 0 saturated carbocycles. The molecule has 0 spiro atoms. The van der Waals surface area contributed by atoms with Crippen LogP contribution in [0.15, 0.2) is 42.5 Å². The summed E-state index contributed by atoms with van der Waals surface area (Å²) in [6, 6.07) is 12.7. The number of carbonyl (C=O) groups is 1. The van der Waals surface area contributed by atoms with Crippen LogP contribution in [0.5, 0.6) is 0 Å². The summed E-state index contributed by atoms with van der Waals surface area (Å²) < 4.78 is 0. The van der Waals surface area contributed by atoms with Gasteiger partial charge in [-0.05, 0) is 29.8 Å². The van der Waals surface area contributed by atoms with Crippen molar-refractivity contribution in [3.63, 3.8) is 0 Å². The first kappa shape index (κ1) is 17.1. The molecule has 0 unspecified atom stereocenters. The number of halogens is 3. The maximum absolute atomic E-state index is 11.9. The van der Waals surface area contributed by atoms with E-state index in [0.29, 0.717) is 40.3 Å². The van der Waals surface area contributed by atoms with Crippen LogP contribution in [-0.2, 0) is 11.3 Å². The lowest BCUT2D eigenvalue weighted by Crippen LogP contribution is -2.21. The maximum atomic E-state index is 11.9. The highest BCUT2D eigenvalue weighted by molar-refractivity contribution is 6.39. The second-order valence-electron chi connectivity index (χ2n) is 4.70. The van der Waals surface area contributed by atoms with Crippen molar-refractivity contribution in [2.75, 3.05) is 11.9 Å². The topological polar surface area (TPSA) is 41.1 Å². The van der Waals surface area contributed by atoms with E-state index in [1.807, 2.05) is 24.3 Å². The van der Waals surface area contributed by atoms with Crippen molar-refractivity contribution < 1.29 is 4.79 Å². The molecule has 0 bridgehead atoms. The molecule has 0 aliphatic heterocycles. The molecule has 0 heterocycles. The van der Waals surface area contributed by atoms with Crippen LogP contribution in [0, 0.1) is 0 Å². The molecule has 2 rings (SSSR count). The van der Waals surface area contributed by atoms with Gasteiger partial charge < -0.3 is 10.6 Å². The first-order chi connectivity index (χ1) is 10.6. The van der Waals surface area contributed by atoms with Crippen LogP contribution >= 0.6 is 34.8 Å². The van der Waals surface area contributed by atoms with E-state index in [2.05, 4.69) is 10.6 Å². The normalized spacial score (nSPS) is 10.5. The molecule has 3 nitrogen and oxygen atoms in total. The van der Waals surface area contributed by atoms with Crippen molar-refractivity contribution in [2.45, 2.75) is 13.0 Å². The van der Waals surface area contributed by atoms with Gasteiger partial charge in [0.15, 0.2) is 0 Å². The smallest absolute Gasteiger partial charge is 0.225 e. The zero-order chi connectivity index (χ0) is 15.9. The molecule has 0 fully saturated rings. The van der Waals surface area contributed by atoms with Crippen molar-refractivity contribution >= 4 is 46.4 Å². The third kappa shape index (κ3) is 5.18. The summed E-state index contributed by atoms with van der Waals surface area (Å²) in [6.07, 6.45) is 0.329. The lowest BCUT2D eigenvalue weighted by Gasteiger charge is -2.09. The molecule has 1 amide bonds. The standard InChI is InChI=1S/C16H15Cl3N2O/c17-12-6-4-11(5-7-12)10-20-9-8-15(22)21-16-13(18)2-1-3-14(16)19/h1-7,20H,8-10H2,(H,21,22). The third-order valence-electron chi connectivity index (χ3n) is 3.00. The Bertz CT molecular complexity index is 624. The Balaban J connectivity index is 1.75. The number of benzene rings is 2. The summed E-state index contributed by atoms with van der Waals surface area (Å²) >= 11 is 17.8. The van der Waals surface area contributed by atoms with Crippen LogP contribution in [0.25, 0.3) is 0 Å². The van der Waals surface area contributed by atoms with Gasteiger partial charge in [-0.1, -0.05) is 53.0 Å². The van der Waals surface area contributed by atoms with Gasteiger partial charge in [0.2, 0.25) is 5.91 Å². The van der Waals surface area contributed by atoms with Crippen LogP contribution in [0.1, 0.15) is 12.0 Å². The summed E-state index contributed by atoms with van der Waals surface area (Å²) in [5.74, 6) is -0.140. The fourth-order valence-corrected chi connectivity index (χ4v) is 2.47. The van der Waals surface area contributed by atoms with Crippen molar-refractivity contribution in [1.82, 2.24) is 5.32 Å². The highest BCUT2D eigenvalue weighted by Gasteiger charge is 2.09. The van der Waals surface area contributed by atoms with E-state index in [4.69, 9.17) is 34.8 Å². The highest BCUT2D eigenvalue weighted by atomic mass is 35.5. The van der Waals surface area contributed by atoms with E-state index in [-0.39, 0.29) is 5.91 Å². The van der Waals surface area contributed by atoms with Crippen LogP contribution in [-0.4, -0.2) is 12.5 Å². The predicted octanol–water partition coefficient (Wildman–Crippen LogP) is 4.77. The lowest BCUT2D eigenvalue weighted by atomic mass is 10.2. The molecule has 0 saturated heterocycles. The Hall–Kier alpha value is -1.26. The van der Waals surface area contributed by atoms with E-state index < -0.39 is 0 Å². The zero-order valence-corrected chi connectivity index (χ0v) is 14.0. The first-order valence-corrected chi connectivity index (χ1v) is 7.88. The molecule has 2 aromatic rings. The summed E-state index contributed by atoms with van der Waals surface area (Å²) in [5.41, 5.74) is 1.56. The van der Waals surface area contributed by atoms with Gasteiger partial charge in [-0.15, -0.1) is 0 Å². The lowest BCUT2D eigenvalue weighted by molar-refractivity contribution is -0.116. The van der Waals surface area contributed by atoms with Gasteiger partial charge in [0, 0.05) is 24.5 Å². The summed E-state index contributed by atoms with van der Waals surface area (Å²) in [5, 5.41) is 7.48. The molecule has 0 aliphatic rings. The number of hydrogen-bond donors (Lipinski definition) is 2. The van der Waals surface area contributed by atoms with Crippen molar-refractivity contribution in [3.05, 3.63) is 63.1 Å². The number of nitrogens with one attached hydrogen (secondary N) is 2. The molecule has 22 heavy (non-hydrogen) atoms. The number of amides is 1. The van der Waals surface area contributed by atoms with E-state index in [1.165, 1.54) is 0 Å². The number of rotatable bonds is 6. The van der Waals surface area contributed by atoms with Crippen LogP contribution in [0.4, 0.5) is 5.69 Å². The van der Waals surface area contributed by atoms with Crippen LogP contribution < -0.4 is 10.6 Å². The largest absolute Gasteiger partial charge is 0.324 e. The predicted molar refractivity (Wildman–Crippen MR) is 92.9 cm³/mol. The van der Waals surface area contributed by atoms with Crippen LogP contribution in [0.2, 0.25) is 15.1 Å². The van der Waals surface area contributed by atoms with Gasteiger partial charge in [0.1, 0.15) is 0 Å². The summed E-state index contributed by atoms with van der Waals surface area (Å²) in [7, 11) is 0. The Morgan fingerprint density at radius 2 is 1.59 bits per heavy atom. The quantitative estimate of drug-likeness (QED) is 0.731. The Kier molecular flexibility index (Phi) is 6.52. The third-order valence-corrected chi connectivity index (χ3v) is 3.88. The molecule has 0 radical (unpaired) electrons. The average Bonchev–Trinajstić information content (AvgIpc) is 2.49. The average molecular weight is 358 g/mol.